The first-order valence-electron chi connectivity index (χ1n) is 7.49. The molecule has 0 spiro atoms. The third kappa shape index (κ3) is 1.69. The number of hydrogen-bond donors (Lipinski definition) is 0. The minimum atomic E-state index is -0.0997. The minimum Gasteiger partial charge on any atom is -0.459 e. The molecule has 4 fully saturated rings. The van der Waals surface area contributed by atoms with Gasteiger partial charge in [-0.05, 0) is 39.5 Å². The molecule has 3 saturated heterocycles. The number of esters is 1. The largest absolute Gasteiger partial charge is 0.459 e. The number of carbonyl (C=O) groups excluding carboxylic acids is 1. The van der Waals surface area contributed by atoms with Crippen LogP contribution in [0.15, 0.2) is 0 Å². The molecule has 4 rings (SSSR count). The Kier molecular flexibility index (Phi) is 2.26. The lowest BCUT2D eigenvalue weighted by atomic mass is 9.79. The first-order valence-corrected chi connectivity index (χ1v) is 7.49. The molecule has 7 atom stereocenters. The van der Waals surface area contributed by atoms with Gasteiger partial charge in [-0.25, -0.2) is 0 Å². The van der Waals surface area contributed by atoms with Gasteiger partial charge in [0.1, 0.15) is 12.2 Å². The SMILES string of the molecule is CC1C(=O)O[C@H]2C1CCC1(C)O[C@@H]1CC[C@@]1(C)O[C@H]21. The van der Waals surface area contributed by atoms with Crippen LogP contribution in [0.2, 0.25) is 0 Å². The molecule has 4 nitrogen and oxygen atoms in total. The van der Waals surface area contributed by atoms with Gasteiger partial charge < -0.3 is 14.2 Å². The van der Waals surface area contributed by atoms with Gasteiger partial charge >= 0.3 is 5.97 Å². The van der Waals surface area contributed by atoms with E-state index in [-0.39, 0.29) is 35.3 Å². The summed E-state index contributed by atoms with van der Waals surface area (Å²) in [6, 6.07) is 0. The number of fused-ring (bicyclic) bond motifs is 4. The smallest absolute Gasteiger partial charge is 0.309 e. The molecule has 0 bridgehead atoms. The zero-order valence-corrected chi connectivity index (χ0v) is 11.8. The van der Waals surface area contributed by atoms with Crippen LogP contribution in [-0.4, -0.2) is 35.5 Å². The van der Waals surface area contributed by atoms with Crippen molar-refractivity contribution in [1.29, 1.82) is 0 Å². The Bertz CT molecular complexity index is 436. The second-order valence-electron chi connectivity index (χ2n) is 7.20. The van der Waals surface area contributed by atoms with Crippen LogP contribution in [0, 0.1) is 11.8 Å². The minimum absolute atomic E-state index is 0.00123. The Morgan fingerprint density at radius 2 is 1.84 bits per heavy atom. The van der Waals surface area contributed by atoms with Gasteiger partial charge in [0, 0.05) is 5.92 Å². The number of hydrogen-bond acceptors (Lipinski definition) is 4. The summed E-state index contributed by atoms with van der Waals surface area (Å²) in [4.78, 5) is 11.9. The summed E-state index contributed by atoms with van der Waals surface area (Å²) in [6.07, 6.45) is 4.56. The quantitative estimate of drug-likeness (QED) is 0.497. The Labute approximate surface area is 113 Å². The van der Waals surface area contributed by atoms with E-state index in [1.165, 1.54) is 0 Å². The summed E-state index contributed by atoms with van der Waals surface area (Å²) in [6.45, 7) is 6.34. The maximum Gasteiger partial charge on any atom is 0.309 e. The van der Waals surface area contributed by atoms with Crippen molar-refractivity contribution >= 4 is 5.97 Å². The van der Waals surface area contributed by atoms with Crippen molar-refractivity contribution < 1.29 is 19.0 Å². The molecule has 3 aliphatic heterocycles. The summed E-state index contributed by atoms with van der Waals surface area (Å²) in [5, 5.41) is 0. The van der Waals surface area contributed by atoms with E-state index in [0.29, 0.717) is 12.0 Å². The predicted molar refractivity (Wildman–Crippen MR) is 67.6 cm³/mol. The van der Waals surface area contributed by atoms with Crippen LogP contribution in [0.1, 0.15) is 46.5 Å². The van der Waals surface area contributed by atoms with Crippen LogP contribution < -0.4 is 0 Å². The average Bonchev–Trinajstić information content (AvgIpc) is 3.18. The van der Waals surface area contributed by atoms with Crippen molar-refractivity contribution in [1.82, 2.24) is 0 Å². The van der Waals surface area contributed by atoms with Crippen molar-refractivity contribution in [3.8, 4) is 0 Å². The molecule has 0 radical (unpaired) electrons. The zero-order valence-electron chi connectivity index (χ0n) is 11.8. The van der Waals surface area contributed by atoms with Gasteiger partial charge in [0.2, 0.25) is 0 Å². The number of rotatable bonds is 0. The number of ether oxygens (including phenoxy) is 3. The van der Waals surface area contributed by atoms with Crippen molar-refractivity contribution in [3.05, 3.63) is 0 Å². The van der Waals surface area contributed by atoms with Gasteiger partial charge in [-0.3, -0.25) is 4.79 Å². The van der Waals surface area contributed by atoms with Gasteiger partial charge in [-0.15, -0.1) is 0 Å². The van der Waals surface area contributed by atoms with Crippen LogP contribution in [0.5, 0.6) is 0 Å². The van der Waals surface area contributed by atoms with Crippen LogP contribution in [0.25, 0.3) is 0 Å². The summed E-state index contributed by atoms with van der Waals surface area (Å²) in [5.74, 6) is 0.239. The molecular formula is C15H22O4. The van der Waals surface area contributed by atoms with E-state index in [1.54, 1.807) is 0 Å². The summed E-state index contributed by atoms with van der Waals surface area (Å²) in [7, 11) is 0. The van der Waals surface area contributed by atoms with E-state index in [2.05, 4.69) is 13.8 Å². The molecule has 1 saturated carbocycles. The number of epoxide rings is 2. The van der Waals surface area contributed by atoms with Gasteiger partial charge in [0.25, 0.3) is 0 Å². The lowest BCUT2D eigenvalue weighted by Gasteiger charge is -2.21. The molecule has 0 amide bonds. The summed E-state index contributed by atoms with van der Waals surface area (Å²) < 4.78 is 17.4. The highest BCUT2D eigenvalue weighted by Crippen LogP contribution is 2.54. The third-order valence-electron chi connectivity index (χ3n) is 5.84. The highest BCUT2D eigenvalue weighted by Gasteiger charge is 2.64. The van der Waals surface area contributed by atoms with Crippen molar-refractivity contribution in [3.63, 3.8) is 0 Å². The van der Waals surface area contributed by atoms with E-state index < -0.39 is 0 Å². The molecule has 4 aliphatic rings. The topological polar surface area (TPSA) is 51.4 Å². The van der Waals surface area contributed by atoms with Crippen LogP contribution in [-0.2, 0) is 19.0 Å². The van der Waals surface area contributed by atoms with Crippen LogP contribution in [0.4, 0.5) is 0 Å². The molecule has 0 aromatic rings. The van der Waals surface area contributed by atoms with E-state index in [4.69, 9.17) is 14.2 Å². The first kappa shape index (κ1) is 12.2. The molecule has 1 aliphatic carbocycles. The fraction of sp³-hybridized carbons (Fsp3) is 0.933. The molecule has 0 aromatic carbocycles. The maximum absolute atomic E-state index is 11.9. The summed E-state index contributed by atoms with van der Waals surface area (Å²) in [5.41, 5.74) is -0.0640. The van der Waals surface area contributed by atoms with Gasteiger partial charge in [0.05, 0.1) is 23.2 Å². The monoisotopic (exact) mass is 266 g/mol. The Hall–Kier alpha value is -0.610. The maximum atomic E-state index is 11.9. The van der Waals surface area contributed by atoms with Crippen molar-refractivity contribution in [2.45, 2.75) is 76.0 Å². The second kappa shape index (κ2) is 3.53. The Morgan fingerprint density at radius 3 is 2.63 bits per heavy atom. The zero-order chi connectivity index (χ0) is 13.4. The van der Waals surface area contributed by atoms with Gasteiger partial charge in [-0.1, -0.05) is 6.92 Å². The average molecular weight is 266 g/mol. The fourth-order valence-corrected chi connectivity index (χ4v) is 4.11. The van der Waals surface area contributed by atoms with E-state index in [9.17, 15) is 4.79 Å². The number of carbonyl (C=O) groups is 1. The standard InChI is InChI=1S/C15H22O4/c1-8-9-4-6-14(2)10(18-14)5-7-15(3)12(19-15)11(9)17-13(8)16/h8-12H,4-7H2,1-3H3/t8?,9?,10-,11+,12-,14?,15-/m1/s1. The van der Waals surface area contributed by atoms with Crippen molar-refractivity contribution in [2.24, 2.45) is 11.8 Å². The normalized spacial score (nSPS) is 59.5. The predicted octanol–water partition coefficient (Wildman–Crippen LogP) is 2.05. The molecule has 3 unspecified atom stereocenters. The Balaban J connectivity index is 1.60. The molecule has 0 aromatic heterocycles. The molecule has 106 valence electrons. The lowest BCUT2D eigenvalue weighted by molar-refractivity contribution is -0.144. The van der Waals surface area contributed by atoms with Crippen molar-refractivity contribution in [2.75, 3.05) is 0 Å². The molecule has 19 heavy (non-hydrogen) atoms. The third-order valence-corrected chi connectivity index (χ3v) is 5.84. The van der Waals surface area contributed by atoms with E-state index in [1.807, 2.05) is 6.92 Å². The molecular weight excluding hydrogens is 244 g/mol. The van der Waals surface area contributed by atoms with Gasteiger partial charge in [-0.2, -0.15) is 0 Å². The molecule has 4 heteroatoms. The first-order chi connectivity index (χ1) is 8.93. The van der Waals surface area contributed by atoms with Crippen LogP contribution >= 0.6 is 0 Å². The Morgan fingerprint density at radius 1 is 1.11 bits per heavy atom. The second-order valence-corrected chi connectivity index (χ2v) is 7.20. The van der Waals surface area contributed by atoms with Gasteiger partial charge in [0.15, 0.2) is 0 Å². The van der Waals surface area contributed by atoms with E-state index >= 15 is 0 Å². The molecule has 0 N–H and O–H groups in total. The molecule has 3 heterocycles. The highest BCUT2D eigenvalue weighted by molar-refractivity contribution is 5.75. The van der Waals surface area contributed by atoms with Crippen LogP contribution in [0.3, 0.4) is 0 Å². The fourth-order valence-electron chi connectivity index (χ4n) is 4.11. The summed E-state index contributed by atoms with van der Waals surface area (Å²) >= 11 is 0. The van der Waals surface area contributed by atoms with E-state index in [0.717, 1.165) is 25.7 Å². The highest BCUT2D eigenvalue weighted by atomic mass is 16.6. The lowest BCUT2D eigenvalue weighted by Crippen LogP contribution is -2.31.